The van der Waals surface area contributed by atoms with Crippen LogP contribution >= 0.6 is 0 Å². The summed E-state index contributed by atoms with van der Waals surface area (Å²) in [4.78, 5) is 16.8. The molecule has 0 atom stereocenters. The fourth-order valence-electron chi connectivity index (χ4n) is 2.96. The molecule has 0 saturated heterocycles. The van der Waals surface area contributed by atoms with Crippen molar-refractivity contribution in [1.82, 2.24) is 20.5 Å². The van der Waals surface area contributed by atoms with E-state index in [0.717, 1.165) is 11.3 Å². The molecule has 2 aromatic heterocycles. The van der Waals surface area contributed by atoms with E-state index in [1.165, 1.54) is 0 Å². The van der Waals surface area contributed by atoms with E-state index in [-0.39, 0.29) is 24.8 Å². The second kappa shape index (κ2) is 9.69. The molecule has 0 aliphatic carbocycles. The lowest BCUT2D eigenvalue weighted by atomic mass is 10.2. The molecule has 0 spiro atoms. The first kappa shape index (κ1) is 21.0. The number of aromatic nitrogens is 3. The molecule has 164 valence electrons. The Morgan fingerprint density at radius 2 is 1.78 bits per heavy atom. The largest absolute Gasteiger partial charge is 0.497 e. The number of methoxy groups -OCH3 is 2. The summed E-state index contributed by atoms with van der Waals surface area (Å²) in [6.45, 7) is 0.344. The maximum Gasteiger partial charge on any atom is 0.287 e. The van der Waals surface area contributed by atoms with E-state index in [1.54, 1.807) is 38.5 Å². The van der Waals surface area contributed by atoms with Gasteiger partial charge in [0, 0.05) is 5.56 Å². The van der Waals surface area contributed by atoms with E-state index in [0.29, 0.717) is 28.9 Å². The number of nitrogens with zero attached hydrogens (tertiary/aromatic N) is 2. The second-order valence-electron chi connectivity index (χ2n) is 6.72. The van der Waals surface area contributed by atoms with Crippen LogP contribution in [0.3, 0.4) is 0 Å². The van der Waals surface area contributed by atoms with E-state index in [2.05, 4.69) is 20.5 Å². The fraction of sp³-hybridized carbons (Fsp3) is 0.174. The first-order valence-electron chi connectivity index (χ1n) is 9.84. The van der Waals surface area contributed by atoms with E-state index < -0.39 is 0 Å². The molecule has 9 heteroatoms. The third-order valence-corrected chi connectivity index (χ3v) is 4.62. The quantitative estimate of drug-likeness (QED) is 0.414. The Balaban J connectivity index is 1.31. The summed E-state index contributed by atoms with van der Waals surface area (Å²) < 4.78 is 21.7. The number of furan rings is 1. The van der Waals surface area contributed by atoms with Crippen molar-refractivity contribution in [2.24, 2.45) is 0 Å². The van der Waals surface area contributed by atoms with Gasteiger partial charge in [-0.3, -0.25) is 9.89 Å². The van der Waals surface area contributed by atoms with Crippen LogP contribution < -0.4 is 19.5 Å². The Morgan fingerprint density at radius 3 is 2.53 bits per heavy atom. The van der Waals surface area contributed by atoms with Crippen molar-refractivity contribution in [2.75, 3.05) is 14.2 Å². The van der Waals surface area contributed by atoms with Gasteiger partial charge in [0.2, 0.25) is 0 Å². The number of rotatable bonds is 9. The number of nitrogens with one attached hydrogen (secondary N) is 2. The minimum absolute atomic E-state index is 0.168. The zero-order valence-corrected chi connectivity index (χ0v) is 17.6. The summed E-state index contributed by atoms with van der Waals surface area (Å²) >= 11 is 0. The van der Waals surface area contributed by atoms with Gasteiger partial charge in [-0.1, -0.05) is 12.1 Å². The number of carbonyl (C=O) groups is 1. The first-order valence-corrected chi connectivity index (χ1v) is 9.84. The van der Waals surface area contributed by atoms with Crippen LogP contribution in [-0.2, 0) is 13.2 Å². The summed E-state index contributed by atoms with van der Waals surface area (Å²) in [5.41, 5.74) is 0.838. The molecule has 2 aromatic carbocycles. The average Bonchev–Trinajstić information content (AvgIpc) is 3.51. The molecule has 2 heterocycles. The Labute approximate surface area is 184 Å². The Kier molecular flexibility index (Phi) is 6.35. The van der Waals surface area contributed by atoms with Gasteiger partial charge in [0.1, 0.15) is 23.9 Å². The zero-order valence-electron chi connectivity index (χ0n) is 17.6. The van der Waals surface area contributed by atoms with Gasteiger partial charge in [-0.25, -0.2) is 4.98 Å². The number of hydrogen-bond acceptors (Lipinski definition) is 7. The molecule has 1 amide bonds. The zero-order chi connectivity index (χ0) is 22.3. The molecule has 2 N–H and O–H groups in total. The molecular formula is C23H22N4O5. The highest BCUT2D eigenvalue weighted by atomic mass is 16.5. The predicted octanol–water partition coefficient (Wildman–Crippen LogP) is 3.59. The topological polar surface area (TPSA) is 112 Å². The fourth-order valence-corrected chi connectivity index (χ4v) is 2.96. The minimum Gasteiger partial charge on any atom is -0.497 e. The lowest BCUT2D eigenvalue weighted by molar-refractivity contribution is 0.0918. The van der Waals surface area contributed by atoms with Crippen molar-refractivity contribution in [3.8, 4) is 28.6 Å². The van der Waals surface area contributed by atoms with Crippen LogP contribution in [-0.4, -0.2) is 35.3 Å². The summed E-state index contributed by atoms with van der Waals surface area (Å²) in [6, 6.07) is 18.0. The lowest BCUT2D eigenvalue weighted by Gasteiger charge is -2.08. The van der Waals surface area contributed by atoms with Crippen molar-refractivity contribution in [1.29, 1.82) is 0 Å². The van der Waals surface area contributed by atoms with Gasteiger partial charge in [0.05, 0.1) is 20.8 Å². The third kappa shape index (κ3) is 4.89. The summed E-state index contributed by atoms with van der Waals surface area (Å²) in [5, 5.41) is 9.77. The van der Waals surface area contributed by atoms with Crippen molar-refractivity contribution in [3.05, 3.63) is 78.0 Å². The molecule has 0 radical (unpaired) electrons. The monoisotopic (exact) mass is 434 g/mol. The van der Waals surface area contributed by atoms with Crippen LogP contribution in [0.5, 0.6) is 17.2 Å². The Hall–Kier alpha value is -4.27. The molecule has 0 saturated carbocycles. The minimum atomic E-state index is -0.365. The first-order chi connectivity index (χ1) is 15.7. The molecule has 4 rings (SSSR count). The average molecular weight is 434 g/mol. The van der Waals surface area contributed by atoms with E-state index in [1.807, 2.05) is 36.4 Å². The maximum absolute atomic E-state index is 12.4. The summed E-state index contributed by atoms with van der Waals surface area (Å²) in [5.74, 6) is 3.36. The molecule has 4 aromatic rings. The highest BCUT2D eigenvalue weighted by Gasteiger charge is 2.13. The summed E-state index contributed by atoms with van der Waals surface area (Å²) in [7, 11) is 3.18. The third-order valence-electron chi connectivity index (χ3n) is 4.62. The standard InChI is InChI=1S/C23H22N4O5/c1-29-16-9-7-15(8-10-16)22-25-21(26-27-22)13-24-23(28)20-12-11-17(32-20)14-31-19-6-4-3-5-18(19)30-2/h3-12H,13-14H2,1-2H3,(H,24,28)(H,25,26,27). The maximum atomic E-state index is 12.4. The summed E-state index contributed by atoms with van der Waals surface area (Å²) in [6.07, 6.45) is 0. The van der Waals surface area contributed by atoms with Crippen LogP contribution in [0.15, 0.2) is 65.1 Å². The van der Waals surface area contributed by atoms with Gasteiger partial charge in [-0.05, 0) is 48.5 Å². The van der Waals surface area contributed by atoms with Gasteiger partial charge >= 0.3 is 0 Å². The van der Waals surface area contributed by atoms with Gasteiger partial charge < -0.3 is 23.9 Å². The number of para-hydroxylation sites is 2. The number of amides is 1. The Bertz CT molecular complexity index is 1180. The normalized spacial score (nSPS) is 10.6. The number of ether oxygens (including phenoxy) is 3. The van der Waals surface area contributed by atoms with Crippen LogP contribution in [0.4, 0.5) is 0 Å². The lowest BCUT2D eigenvalue weighted by Crippen LogP contribution is -2.22. The molecule has 0 aliphatic heterocycles. The van der Waals surface area contributed by atoms with Gasteiger partial charge in [0.15, 0.2) is 23.1 Å². The van der Waals surface area contributed by atoms with Crippen molar-refractivity contribution in [3.63, 3.8) is 0 Å². The number of carbonyl (C=O) groups excluding carboxylic acids is 1. The van der Waals surface area contributed by atoms with Gasteiger partial charge in [-0.15, -0.1) is 0 Å². The van der Waals surface area contributed by atoms with Crippen LogP contribution in [0, 0.1) is 0 Å². The van der Waals surface area contributed by atoms with Crippen molar-refractivity contribution >= 4 is 5.91 Å². The highest BCUT2D eigenvalue weighted by molar-refractivity contribution is 5.91. The molecule has 0 unspecified atom stereocenters. The number of hydrogen-bond donors (Lipinski definition) is 2. The molecular weight excluding hydrogens is 412 g/mol. The van der Waals surface area contributed by atoms with E-state index in [9.17, 15) is 4.79 Å². The molecule has 32 heavy (non-hydrogen) atoms. The molecule has 0 aliphatic rings. The second-order valence-corrected chi connectivity index (χ2v) is 6.72. The SMILES string of the molecule is COc1ccc(-c2n[nH]c(CNC(=O)c3ccc(COc4ccccc4OC)o3)n2)cc1. The van der Waals surface area contributed by atoms with Crippen LogP contribution in [0.2, 0.25) is 0 Å². The predicted molar refractivity (Wildman–Crippen MR) is 116 cm³/mol. The van der Waals surface area contributed by atoms with Crippen molar-refractivity contribution in [2.45, 2.75) is 13.2 Å². The number of aromatic amines is 1. The molecule has 0 fully saturated rings. The van der Waals surface area contributed by atoms with E-state index in [4.69, 9.17) is 18.6 Å². The molecule has 9 nitrogen and oxygen atoms in total. The van der Waals surface area contributed by atoms with Crippen molar-refractivity contribution < 1.29 is 23.4 Å². The van der Waals surface area contributed by atoms with Crippen LogP contribution in [0.25, 0.3) is 11.4 Å². The molecule has 0 bridgehead atoms. The Morgan fingerprint density at radius 1 is 1.00 bits per heavy atom. The highest BCUT2D eigenvalue weighted by Crippen LogP contribution is 2.27. The van der Waals surface area contributed by atoms with E-state index >= 15 is 0 Å². The van der Waals surface area contributed by atoms with Gasteiger partial charge in [-0.2, -0.15) is 5.10 Å². The van der Waals surface area contributed by atoms with Crippen LogP contribution in [0.1, 0.15) is 22.1 Å². The van der Waals surface area contributed by atoms with Gasteiger partial charge in [0.25, 0.3) is 5.91 Å². The smallest absolute Gasteiger partial charge is 0.287 e. The number of H-pyrrole nitrogens is 1. The number of benzene rings is 2.